The zero-order chi connectivity index (χ0) is 28.8. The first-order valence-electron chi connectivity index (χ1n) is 13.2. The Morgan fingerprint density at radius 2 is 1.80 bits per heavy atom. The Hall–Kier alpha value is -3.61. The number of allylic oxidation sites excluding steroid dienone is 1. The first-order valence-corrected chi connectivity index (χ1v) is 14.0. The summed E-state index contributed by atoms with van der Waals surface area (Å²) in [5.74, 6) is -1.11. The fourth-order valence-corrected chi connectivity index (χ4v) is 5.55. The third kappa shape index (κ3) is 6.75. The van der Waals surface area contributed by atoms with Gasteiger partial charge in [-0.05, 0) is 73.7 Å². The predicted molar refractivity (Wildman–Crippen MR) is 157 cm³/mol. The van der Waals surface area contributed by atoms with Crippen LogP contribution >= 0.6 is 23.2 Å². The van der Waals surface area contributed by atoms with E-state index < -0.39 is 5.97 Å². The quantitative estimate of drug-likeness (QED) is 0.289. The molecule has 6 nitrogen and oxygen atoms in total. The molecule has 0 unspecified atom stereocenters. The number of carbonyl (C=O) groups excluding carboxylic acids is 3. The molecule has 3 aromatic carbocycles. The van der Waals surface area contributed by atoms with E-state index in [9.17, 15) is 14.4 Å². The summed E-state index contributed by atoms with van der Waals surface area (Å²) >= 11 is 12.2. The molecule has 40 heavy (non-hydrogen) atoms. The van der Waals surface area contributed by atoms with E-state index in [0.717, 1.165) is 22.3 Å². The van der Waals surface area contributed by atoms with E-state index in [1.807, 2.05) is 43.3 Å². The highest BCUT2D eigenvalue weighted by Gasteiger charge is 2.37. The van der Waals surface area contributed by atoms with Gasteiger partial charge < -0.3 is 15.0 Å². The number of benzene rings is 3. The molecule has 0 saturated carbocycles. The summed E-state index contributed by atoms with van der Waals surface area (Å²) in [6.45, 7) is 6.40. The van der Waals surface area contributed by atoms with Gasteiger partial charge in [0.2, 0.25) is 5.91 Å². The standard InChI is InChI=1S/C32H32Cl2N2O4/c1-4-40-32(39)30-21(3)36(29(37)18-27(30)26-11-6-5-8-20(26)2)19-22-9-7-10-24(16-22)31(38)35-15-14-23-12-13-25(33)17-28(23)34/h5-13,16-17,27H,4,14-15,18-19H2,1-3H3,(H,35,38)/t27-/m1/s1. The number of esters is 1. The fraction of sp³-hybridized carbons (Fsp3) is 0.281. The van der Waals surface area contributed by atoms with Crippen molar-refractivity contribution in [3.05, 3.63) is 116 Å². The maximum Gasteiger partial charge on any atom is 0.336 e. The topological polar surface area (TPSA) is 75.7 Å². The summed E-state index contributed by atoms with van der Waals surface area (Å²) in [4.78, 5) is 41.0. The average molecular weight is 580 g/mol. The molecule has 8 heteroatoms. The Morgan fingerprint density at radius 1 is 1.02 bits per heavy atom. The highest BCUT2D eigenvalue weighted by atomic mass is 35.5. The van der Waals surface area contributed by atoms with Gasteiger partial charge in [-0.25, -0.2) is 4.79 Å². The molecule has 1 atom stereocenters. The first kappa shape index (κ1) is 29.4. The summed E-state index contributed by atoms with van der Waals surface area (Å²) in [5.41, 5.74) is 5.17. The molecular weight excluding hydrogens is 547 g/mol. The van der Waals surface area contributed by atoms with E-state index in [4.69, 9.17) is 27.9 Å². The highest BCUT2D eigenvalue weighted by molar-refractivity contribution is 6.35. The minimum absolute atomic E-state index is 0.0894. The van der Waals surface area contributed by atoms with Gasteiger partial charge in [0.25, 0.3) is 5.91 Å². The molecule has 208 valence electrons. The van der Waals surface area contributed by atoms with Gasteiger partial charge in [0.15, 0.2) is 0 Å². The number of ether oxygens (including phenoxy) is 1. The van der Waals surface area contributed by atoms with E-state index in [2.05, 4.69) is 5.32 Å². The van der Waals surface area contributed by atoms with Crippen LogP contribution in [0.2, 0.25) is 10.0 Å². The van der Waals surface area contributed by atoms with Gasteiger partial charge in [-0.3, -0.25) is 9.59 Å². The zero-order valence-electron chi connectivity index (χ0n) is 22.8. The van der Waals surface area contributed by atoms with Crippen LogP contribution in [0.4, 0.5) is 0 Å². The van der Waals surface area contributed by atoms with Gasteiger partial charge in [-0.1, -0.05) is 65.7 Å². The van der Waals surface area contributed by atoms with Gasteiger partial charge in [0.1, 0.15) is 0 Å². The number of hydrogen-bond acceptors (Lipinski definition) is 4. The number of hydrogen-bond donors (Lipinski definition) is 1. The van der Waals surface area contributed by atoms with Crippen LogP contribution in [0, 0.1) is 6.92 Å². The number of nitrogens with zero attached hydrogens (tertiary/aromatic N) is 1. The lowest BCUT2D eigenvalue weighted by Gasteiger charge is -2.35. The minimum Gasteiger partial charge on any atom is -0.463 e. The fourth-order valence-electron chi connectivity index (χ4n) is 5.05. The summed E-state index contributed by atoms with van der Waals surface area (Å²) in [5, 5.41) is 4.04. The lowest BCUT2D eigenvalue weighted by Crippen LogP contribution is -2.38. The van der Waals surface area contributed by atoms with E-state index >= 15 is 0 Å². The van der Waals surface area contributed by atoms with Crippen molar-refractivity contribution in [2.24, 2.45) is 0 Å². The molecule has 2 amide bonds. The molecule has 1 aliphatic rings. The summed E-state index contributed by atoms with van der Waals surface area (Å²) in [7, 11) is 0. The Balaban J connectivity index is 1.52. The van der Waals surface area contributed by atoms with Crippen molar-refractivity contribution in [3.63, 3.8) is 0 Å². The van der Waals surface area contributed by atoms with Crippen molar-refractivity contribution in [1.29, 1.82) is 0 Å². The Labute approximate surface area is 244 Å². The maximum absolute atomic E-state index is 13.4. The molecule has 4 rings (SSSR count). The van der Waals surface area contributed by atoms with Crippen molar-refractivity contribution < 1.29 is 19.1 Å². The number of carbonyl (C=O) groups is 3. The molecule has 1 heterocycles. The Bertz CT molecular complexity index is 1470. The Kier molecular flexibility index (Phi) is 9.67. The van der Waals surface area contributed by atoms with E-state index in [-0.39, 0.29) is 37.3 Å². The molecule has 1 N–H and O–H groups in total. The summed E-state index contributed by atoms with van der Waals surface area (Å²) in [6, 6.07) is 20.2. The molecule has 0 saturated heterocycles. The van der Waals surface area contributed by atoms with Crippen molar-refractivity contribution >= 4 is 41.0 Å². The van der Waals surface area contributed by atoms with Crippen LogP contribution in [-0.4, -0.2) is 35.8 Å². The number of rotatable bonds is 9. The summed E-state index contributed by atoms with van der Waals surface area (Å²) < 4.78 is 5.41. The number of nitrogens with one attached hydrogen (secondary N) is 1. The lowest BCUT2D eigenvalue weighted by molar-refractivity contribution is -0.140. The Morgan fingerprint density at radius 3 is 2.52 bits per heavy atom. The predicted octanol–water partition coefficient (Wildman–Crippen LogP) is 6.63. The number of amides is 2. The second kappa shape index (κ2) is 13.2. The molecule has 0 aromatic heterocycles. The van der Waals surface area contributed by atoms with Crippen LogP contribution in [-0.2, 0) is 27.3 Å². The molecule has 0 spiro atoms. The SMILES string of the molecule is CCOC(=O)C1=C(C)N(Cc2cccc(C(=O)NCCc3ccc(Cl)cc3Cl)c2)C(=O)C[C@@H]1c1ccccc1C. The molecule has 0 bridgehead atoms. The van der Waals surface area contributed by atoms with Crippen molar-refractivity contribution in [1.82, 2.24) is 10.2 Å². The molecule has 0 radical (unpaired) electrons. The number of aryl methyl sites for hydroxylation is 1. The van der Waals surface area contributed by atoms with Gasteiger partial charge in [-0.2, -0.15) is 0 Å². The smallest absolute Gasteiger partial charge is 0.336 e. The van der Waals surface area contributed by atoms with Gasteiger partial charge >= 0.3 is 5.97 Å². The van der Waals surface area contributed by atoms with Crippen LogP contribution < -0.4 is 5.32 Å². The lowest BCUT2D eigenvalue weighted by atomic mass is 9.81. The maximum atomic E-state index is 13.4. The molecular formula is C32H32Cl2N2O4. The van der Waals surface area contributed by atoms with Crippen LogP contribution in [0.5, 0.6) is 0 Å². The number of halogens is 2. The third-order valence-corrected chi connectivity index (χ3v) is 7.69. The minimum atomic E-state index is -0.417. The highest BCUT2D eigenvalue weighted by Crippen LogP contribution is 2.39. The van der Waals surface area contributed by atoms with E-state index in [1.54, 1.807) is 49.1 Å². The second-order valence-corrected chi connectivity index (χ2v) is 10.6. The normalized spacial score (nSPS) is 15.3. The largest absolute Gasteiger partial charge is 0.463 e. The van der Waals surface area contributed by atoms with Crippen LogP contribution in [0.3, 0.4) is 0 Å². The van der Waals surface area contributed by atoms with Crippen LogP contribution in [0.1, 0.15) is 58.8 Å². The molecule has 3 aromatic rings. The van der Waals surface area contributed by atoms with Crippen molar-refractivity contribution in [3.8, 4) is 0 Å². The monoisotopic (exact) mass is 578 g/mol. The molecule has 0 aliphatic carbocycles. The van der Waals surface area contributed by atoms with Gasteiger partial charge in [0.05, 0.1) is 18.7 Å². The summed E-state index contributed by atoms with van der Waals surface area (Å²) in [6.07, 6.45) is 0.718. The average Bonchev–Trinajstić information content (AvgIpc) is 2.92. The third-order valence-electron chi connectivity index (χ3n) is 7.11. The molecule has 1 aliphatic heterocycles. The first-order chi connectivity index (χ1) is 19.2. The second-order valence-electron chi connectivity index (χ2n) is 9.75. The van der Waals surface area contributed by atoms with Crippen molar-refractivity contribution in [2.45, 2.75) is 46.1 Å². The molecule has 0 fully saturated rings. The van der Waals surface area contributed by atoms with E-state index in [1.165, 1.54) is 0 Å². The van der Waals surface area contributed by atoms with Crippen LogP contribution in [0.15, 0.2) is 78.0 Å². The van der Waals surface area contributed by atoms with Gasteiger partial charge in [0, 0.05) is 40.2 Å². The van der Waals surface area contributed by atoms with E-state index in [0.29, 0.717) is 39.8 Å². The van der Waals surface area contributed by atoms with Crippen LogP contribution in [0.25, 0.3) is 0 Å². The van der Waals surface area contributed by atoms with Crippen molar-refractivity contribution in [2.75, 3.05) is 13.2 Å². The zero-order valence-corrected chi connectivity index (χ0v) is 24.3. The van der Waals surface area contributed by atoms with Gasteiger partial charge in [-0.15, -0.1) is 0 Å².